The molecule has 0 fully saturated rings. The largest absolute Gasteiger partial charge is 0.399 e. The molecule has 0 heterocycles. The quantitative estimate of drug-likeness (QED) is 0.223. The van der Waals surface area contributed by atoms with E-state index in [1.54, 1.807) is 0 Å². The molecule has 37 heavy (non-hydrogen) atoms. The molecule has 0 aliphatic carbocycles. The molecule has 0 saturated carbocycles. The Morgan fingerprint density at radius 2 is 1.03 bits per heavy atom. The zero-order chi connectivity index (χ0) is 25.6. The predicted octanol–water partition coefficient (Wildman–Crippen LogP) is 9.72. The molecule has 0 atom stereocenters. The van der Waals surface area contributed by atoms with E-state index in [1.807, 2.05) is 12.1 Å². The number of nitrogens with two attached hydrogens (primary N) is 1. The standard InChI is InChI=1S/C35H34N2/c1-3-4-8-27-10-22-33(23-11-27)37(35-9-6-5-7-26(35)2)34-24-18-31(19-25-34)29-14-12-28(13-15-29)30-16-20-32(36)21-17-30/h5-7,9-25H,3-4,8,36H2,1-2H3. The van der Waals surface area contributed by atoms with Crippen LogP contribution in [0.3, 0.4) is 0 Å². The van der Waals surface area contributed by atoms with Gasteiger partial charge in [0.05, 0.1) is 0 Å². The fourth-order valence-corrected chi connectivity index (χ4v) is 4.77. The van der Waals surface area contributed by atoms with Gasteiger partial charge in [-0.3, -0.25) is 0 Å². The van der Waals surface area contributed by atoms with Gasteiger partial charge in [0.1, 0.15) is 0 Å². The molecular formula is C35H34N2. The lowest BCUT2D eigenvalue weighted by atomic mass is 9.99. The molecule has 0 aliphatic rings. The van der Waals surface area contributed by atoms with E-state index in [2.05, 4.69) is 128 Å². The summed E-state index contributed by atoms with van der Waals surface area (Å²) in [5, 5.41) is 0. The Morgan fingerprint density at radius 3 is 1.54 bits per heavy atom. The number of nitrogens with zero attached hydrogens (tertiary/aromatic N) is 1. The normalized spacial score (nSPS) is 10.9. The van der Waals surface area contributed by atoms with E-state index in [4.69, 9.17) is 5.73 Å². The van der Waals surface area contributed by atoms with Crippen LogP contribution in [0.2, 0.25) is 0 Å². The maximum Gasteiger partial charge on any atom is 0.0490 e. The summed E-state index contributed by atoms with van der Waals surface area (Å²) in [5.41, 5.74) is 17.6. The lowest BCUT2D eigenvalue weighted by molar-refractivity contribution is 0.795. The fraction of sp³-hybridized carbons (Fsp3) is 0.143. The van der Waals surface area contributed by atoms with Gasteiger partial charge in [0.25, 0.3) is 0 Å². The van der Waals surface area contributed by atoms with Gasteiger partial charge in [-0.05, 0) is 95.6 Å². The smallest absolute Gasteiger partial charge is 0.0490 e. The van der Waals surface area contributed by atoms with Crippen molar-refractivity contribution in [1.29, 1.82) is 0 Å². The summed E-state index contributed by atoms with van der Waals surface area (Å²) in [6.07, 6.45) is 3.57. The number of hydrogen-bond acceptors (Lipinski definition) is 2. The predicted molar refractivity (Wildman–Crippen MR) is 160 cm³/mol. The van der Waals surface area contributed by atoms with Crippen molar-refractivity contribution >= 4 is 22.7 Å². The third kappa shape index (κ3) is 5.59. The van der Waals surface area contributed by atoms with E-state index < -0.39 is 0 Å². The molecule has 0 aliphatic heterocycles. The van der Waals surface area contributed by atoms with E-state index in [-0.39, 0.29) is 0 Å². The number of hydrogen-bond donors (Lipinski definition) is 1. The summed E-state index contributed by atoms with van der Waals surface area (Å²) in [6, 6.07) is 43.3. The number of nitrogen functional groups attached to an aromatic ring is 1. The first-order valence-electron chi connectivity index (χ1n) is 13.1. The van der Waals surface area contributed by atoms with Crippen molar-refractivity contribution in [2.24, 2.45) is 0 Å². The molecule has 0 spiro atoms. The van der Waals surface area contributed by atoms with E-state index in [0.29, 0.717) is 0 Å². The fourth-order valence-electron chi connectivity index (χ4n) is 4.77. The van der Waals surface area contributed by atoms with E-state index in [9.17, 15) is 0 Å². The molecular weight excluding hydrogens is 448 g/mol. The molecule has 0 aromatic heterocycles. The van der Waals surface area contributed by atoms with Gasteiger partial charge in [0, 0.05) is 22.7 Å². The molecule has 2 heteroatoms. The molecule has 5 aromatic rings. The Hall–Kier alpha value is -4.30. The van der Waals surface area contributed by atoms with Gasteiger partial charge in [0.15, 0.2) is 0 Å². The average molecular weight is 483 g/mol. The van der Waals surface area contributed by atoms with Gasteiger partial charge in [-0.15, -0.1) is 0 Å². The molecule has 184 valence electrons. The summed E-state index contributed by atoms with van der Waals surface area (Å²) in [5.74, 6) is 0. The Labute approximate surface area is 221 Å². The Bertz CT molecular complexity index is 1430. The van der Waals surface area contributed by atoms with Crippen LogP contribution in [0.4, 0.5) is 22.7 Å². The van der Waals surface area contributed by atoms with Crippen molar-refractivity contribution in [3.63, 3.8) is 0 Å². The van der Waals surface area contributed by atoms with Crippen molar-refractivity contribution in [2.45, 2.75) is 33.1 Å². The van der Waals surface area contributed by atoms with Crippen LogP contribution in [0, 0.1) is 6.92 Å². The molecule has 0 saturated heterocycles. The highest BCUT2D eigenvalue weighted by Gasteiger charge is 2.14. The molecule has 0 bridgehead atoms. The summed E-state index contributed by atoms with van der Waals surface area (Å²) >= 11 is 0. The third-order valence-electron chi connectivity index (χ3n) is 6.96. The lowest BCUT2D eigenvalue weighted by Gasteiger charge is -2.27. The van der Waals surface area contributed by atoms with Gasteiger partial charge in [-0.1, -0.05) is 92.2 Å². The maximum absolute atomic E-state index is 5.84. The van der Waals surface area contributed by atoms with Crippen LogP contribution in [0.25, 0.3) is 22.3 Å². The number of para-hydroxylation sites is 1. The second kappa shape index (κ2) is 11.2. The Morgan fingerprint density at radius 1 is 0.568 bits per heavy atom. The zero-order valence-corrected chi connectivity index (χ0v) is 21.7. The molecule has 2 N–H and O–H groups in total. The van der Waals surface area contributed by atoms with Crippen LogP contribution < -0.4 is 10.6 Å². The average Bonchev–Trinajstić information content (AvgIpc) is 2.95. The van der Waals surface area contributed by atoms with Crippen molar-refractivity contribution in [3.8, 4) is 22.3 Å². The van der Waals surface area contributed by atoms with Crippen molar-refractivity contribution in [3.05, 3.63) is 132 Å². The monoisotopic (exact) mass is 482 g/mol. The van der Waals surface area contributed by atoms with Crippen LogP contribution in [-0.4, -0.2) is 0 Å². The minimum absolute atomic E-state index is 0.785. The Balaban J connectivity index is 1.44. The van der Waals surface area contributed by atoms with Crippen molar-refractivity contribution < 1.29 is 0 Å². The molecule has 0 radical (unpaired) electrons. The summed E-state index contributed by atoms with van der Waals surface area (Å²) in [7, 11) is 0. The topological polar surface area (TPSA) is 29.3 Å². The number of unbranched alkanes of at least 4 members (excludes halogenated alkanes) is 1. The summed E-state index contributed by atoms with van der Waals surface area (Å²) in [4.78, 5) is 2.35. The molecule has 2 nitrogen and oxygen atoms in total. The van der Waals surface area contributed by atoms with E-state index >= 15 is 0 Å². The Kier molecular flexibility index (Phi) is 7.37. The van der Waals surface area contributed by atoms with E-state index in [1.165, 1.54) is 57.6 Å². The van der Waals surface area contributed by atoms with Crippen LogP contribution >= 0.6 is 0 Å². The maximum atomic E-state index is 5.84. The van der Waals surface area contributed by atoms with Gasteiger partial charge in [-0.25, -0.2) is 0 Å². The summed E-state index contributed by atoms with van der Waals surface area (Å²) < 4.78 is 0. The van der Waals surface area contributed by atoms with E-state index in [0.717, 1.165) is 17.8 Å². The number of anilines is 4. The first-order chi connectivity index (χ1) is 18.1. The van der Waals surface area contributed by atoms with Crippen LogP contribution in [0.5, 0.6) is 0 Å². The minimum atomic E-state index is 0.785. The third-order valence-corrected chi connectivity index (χ3v) is 6.96. The second-order valence-corrected chi connectivity index (χ2v) is 9.64. The van der Waals surface area contributed by atoms with Gasteiger partial charge in [-0.2, -0.15) is 0 Å². The van der Waals surface area contributed by atoms with Crippen LogP contribution in [-0.2, 0) is 6.42 Å². The number of aryl methyl sites for hydroxylation is 2. The highest BCUT2D eigenvalue weighted by molar-refractivity contribution is 5.80. The summed E-state index contributed by atoms with van der Waals surface area (Å²) in [6.45, 7) is 4.42. The first-order valence-corrected chi connectivity index (χ1v) is 13.1. The highest BCUT2D eigenvalue weighted by atomic mass is 15.1. The first kappa shape index (κ1) is 24.4. The van der Waals surface area contributed by atoms with Gasteiger partial charge < -0.3 is 10.6 Å². The number of rotatable bonds is 8. The molecule has 5 rings (SSSR count). The lowest BCUT2D eigenvalue weighted by Crippen LogP contribution is -2.11. The van der Waals surface area contributed by atoms with Crippen LogP contribution in [0.1, 0.15) is 30.9 Å². The van der Waals surface area contributed by atoms with Gasteiger partial charge in [0.2, 0.25) is 0 Å². The van der Waals surface area contributed by atoms with Gasteiger partial charge >= 0.3 is 0 Å². The zero-order valence-electron chi connectivity index (χ0n) is 21.7. The number of benzene rings is 5. The SMILES string of the molecule is CCCCc1ccc(N(c2ccc(-c3ccc(-c4ccc(N)cc4)cc3)cc2)c2ccccc2C)cc1. The molecule has 0 amide bonds. The molecule has 5 aromatic carbocycles. The van der Waals surface area contributed by atoms with Crippen molar-refractivity contribution in [1.82, 2.24) is 0 Å². The van der Waals surface area contributed by atoms with Crippen molar-refractivity contribution in [2.75, 3.05) is 10.6 Å². The second-order valence-electron chi connectivity index (χ2n) is 9.64. The minimum Gasteiger partial charge on any atom is -0.399 e. The molecule has 0 unspecified atom stereocenters. The highest BCUT2D eigenvalue weighted by Crippen LogP contribution is 2.37. The van der Waals surface area contributed by atoms with Crippen LogP contribution in [0.15, 0.2) is 121 Å².